The lowest BCUT2D eigenvalue weighted by atomic mass is 9.91. The molecule has 0 bridgehead atoms. The molecule has 0 aliphatic carbocycles. The molecule has 0 saturated carbocycles. The molecule has 0 spiro atoms. The number of nitrogens with two attached hydrogens (primary N) is 1. The summed E-state index contributed by atoms with van der Waals surface area (Å²) in [4.78, 5) is 2.57. The molecular weight excluding hydrogens is 259 g/mol. The first kappa shape index (κ1) is 14.4. The van der Waals surface area contributed by atoms with Crippen LogP contribution in [0.3, 0.4) is 0 Å². The van der Waals surface area contributed by atoms with Gasteiger partial charge in [-0.15, -0.1) is 0 Å². The van der Waals surface area contributed by atoms with E-state index in [1.54, 1.807) is 12.1 Å². The van der Waals surface area contributed by atoms with Crippen molar-refractivity contribution in [1.82, 2.24) is 4.90 Å². The minimum Gasteiger partial charge on any atom is -0.389 e. The number of hydrogen-bond donors (Lipinski definition) is 1. The van der Waals surface area contributed by atoms with Crippen molar-refractivity contribution in [1.29, 1.82) is 0 Å². The lowest BCUT2D eigenvalue weighted by Gasteiger charge is -2.35. The van der Waals surface area contributed by atoms with Gasteiger partial charge < -0.3 is 5.73 Å². The van der Waals surface area contributed by atoms with Crippen LogP contribution in [-0.4, -0.2) is 23.0 Å². The highest BCUT2D eigenvalue weighted by Crippen LogP contribution is 2.23. The molecule has 1 aromatic rings. The molecule has 0 aromatic heterocycles. The third-order valence-electron chi connectivity index (χ3n) is 3.68. The molecule has 2 nitrogen and oxygen atoms in total. The quantitative estimate of drug-likeness (QED) is 0.863. The lowest BCUT2D eigenvalue weighted by molar-refractivity contribution is 0.133. The van der Waals surface area contributed by atoms with E-state index >= 15 is 0 Å². The van der Waals surface area contributed by atoms with E-state index in [-0.39, 0.29) is 10.8 Å². The van der Waals surface area contributed by atoms with Crippen molar-refractivity contribution >= 4 is 17.2 Å². The van der Waals surface area contributed by atoms with Crippen LogP contribution >= 0.6 is 12.2 Å². The van der Waals surface area contributed by atoms with E-state index in [0.717, 1.165) is 18.7 Å². The Morgan fingerprint density at radius 1 is 1.37 bits per heavy atom. The predicted molar refractivity (Wildman–Crippen MR) is 80.5 cm³/mol. The van der Waals surface area contributed by atoms with Crippen LogP contribution in [0.5, 0.6) is 0 Å². The molecule has 2 unspecified atom stereocenters. The van der Waals surface area contributed by atoms with E-state index < -0.39 is 0 Å². The largest absolute Gasteiger partial charge is 0.389 e. The highest BCUT2D eigenvalue weighted by atomic mass is 32.1. The van der Waals surface area contributed by atoms with Gasteiger partial charge in [-0.05, 0) is 24.3 Å². The maximum Gasteiger partial charge on any atom is 0.128 e. The summed E-state index contributed by atoms with van der Waals surface area (Å²) in [6.07, 6.45) is 1.26. The average molecular weight is 280 g/mol. The molecule has 4 heteroatoms. The fourth-order valence-electron chi connectivity index (χ4n) is 2.99. The molecular formula is C15H21FN2S. The number of hydrogen-bond acceptors (Lipinski definition) is 2. The molecule has 19 heavy (non-hydrogen) atoms. The zero-order valence-corrected chi connectivity index (χ0v) is 12.3. The molecule has 104 valence electrons. The summed E-state index contributed by atoms with van der Waals surface area (Å²) in [5.41, 5.74) is 6.83. The van der Waals surface area contributed by atoms with Crippen molar-refractivity contribution < 1.29 is 4.39 Å². The van der Waals surface area contributed by atoms with E-state index in [1.807, 2.05) is 0 Å². The lowest BCUT2D eigenvalue weighted by Crippen LogP contribution is -2.38. The highest BCUT2D eigenvalue weighted by Gasteiger charge is 2.22. The first-order valence-corrected chi connectivity index (χ1v) is 7.17. The van der Waals surface area contributed by atoms with Crippen LogP contribution in [0.25, 0.3) is 0 Å². The molecule has 1 saturated heterocycles. The summed E-state index contributed by atoms with van der Waals surface area (Å²) in [7, 11) is 0. The Labute approximate surface area is 119 Å². The van der Waals surface area contributed by atoms with Crippen LogP contribution in [0, 0.1) is 17.7 Å². The van der Waals surface area contributed by atoms with Crippen LogP contribution in [0.2, 0.25) is 0 Å². The first-order chi connectivity index (χ1) is 8.95. The number of rotatable bonds is 3. The molecule has 0 amide bonds. The maximum atomic E-state index is 14.0. The van der Waals surface area contributed by atoms with Crippen LogP contribution in [0.4, 0.5) is 4.39 Å². The Morgan fingerprint density at radius 2 is 2.00 bits per heavy atom. The monoisotopic (exact) mass is 280 g/mol. The zero-order valence-electron chi connectivity index (χ0n) is 11.5. The van der Waals surface area contributed by atoms with Gasteiger partial charge in [-0.3, -0.25) is 4.90 Å². The second-order valence-electron chi connectivity index (χ2n) is 5.81. The summed E-state index contributed by atoms with van der Waals surface area (Å²) in [6.45, 7) is 7.27. The molecule has 0 radical (unpaired) electrons. The van der Waals surface area contributed by atoms with Gasteiger partial charge in [0.25, 0.3) is 0 Å². The van der Waals surface area contributed by atoms with Gasteiger partial charge in [0, 0.05) is 30.8 Å². The van der Waals surface area contributed by atoms with Gasteiger partial charge in [0.05, 0.1) is 0 Å². The number of piperidine rings is 1. The number of nitrogens with zero attached hydrogens (tertiary/aromatic N) is 1. The first-order valence-electron chi connectivity index (χ1n) is 6.76. The number of thiocarbonyl (C=S) groups is 1. The normalized spacial score (nSPS) is 24.4. The highest BCUT2D eigenvalue weighted by molar-refractivity contribution is 7.80. The van der Waals surface area contributed by atoms with E-state index in [1.165, 1.54) is 12.5 Å². The van der Waals surface area contributed by atoms with Crippen molar-refractivity contribution in [3.8, 4) is 0 Å². The zero-order chi connectivity index (χ0) is 14.0. The summed E-state index contributed by atoms with van der Waals surface area (Å²) in [5, 5.41) is 0. The fraction of sp³-hybridized carbons (Fsp3) is 0.533. The van der Waals surface area contributed by atoms with Crippen molar-refractivity contribution in [2.75, 3.05) is 13.1 Å². The van der Waals surface area contributed by atoms with Crippen molar-refractivity contribution in [2.24, 2.45) is 17.6 Å². The van der Waals surface area contributed by atoms with Gasteiger partial charge >= 0.3 is 0 Å². The summed E-state index contributed by atoms with van der Waals surface area (Å²) < 4.78 is 14.0. The molecule has 1 heterocycles. The van der Waals surface area contributed by atoms with Crippen LogP contribution < -0.4 is 5.73 Å². The summed E-state index contributed by atoms with van der Waals surface area (Å²) >= 11 is 4.86. The molecule has 1 aliphatic rings. The Balaban J connectivity index is 2.08. The summed E-state index contributed by atoms with van der Waals surface area (Å²) in [5.74, 6) is 1.15. The minimum absolute atomic E-state index is 0.212. The standard InChI is InChI=1S/C15H21FN2S/c1-10-5-11(2)8-18(7-10)9-13-4-3-12(15(17)19)6-14(13)16/h3-4,6,10-11H,5,7-9H2,1-2H3,(H2,17,19). The van der Waals surface area contributed by atoms with E-state index in [9.17, 15) is 4.39 Å². The Kier molecular flexibility index (Phi) is 4.53. The SMILES string of the molecule is CC1CC(C)CN(Cc2ccc(C(N)=S)cc2F)C1. The number of halogens is 1. The topological polar surface area (TPSA) is 29.3 Å². The third-order valence-corrected chi connectivity index (χ3v) is 3.91. The fourth-order valence-corrected chi connectivity index (χ4v) is 3.12. The number of benzene rings is 1. The summed E-state index contributed by atoms with van der Waals surface area (Å²) in [6, 6.07) is 5.04. The predicted octanol–water partition coefficient (Wildman–Crippen LogP) is 2.94. The van der Waals surface area contributed by atoms with Crippen molar-refractivity contribution in [2.45, 2.75) is 26.8 Å². The molecule has 1 fully saturated rings. The van der Waals surface area contributed by atoms with Gasteiger partial charge in [0.15, 0.2) is 0 Å². The molecule has 2 N–H and O–H groups in total. The molecule has 2 rings (SSSR count). The Bertz CT molecular complexity index is 465. The second-order valence-corrected chi connectivity index (χ2v) is 6.25. The van der Waals surface area contributed by atoms with Gasteiger partial charge in [-0.25, -0.2) is 4.39 Å². The van der Waals surface area contributed by atoms with E-state index in [4.69, 9.17) is 18.0 Å². The smallest absolute Gasteiger partial charge is 0.128 e. The van der Waals surface area contributed by atoms with Crippen molar-refractivity contribution in [3.63, 3.8) is 0 Å². The maximum absolute atomic E-state index is 14.0. The number of likely N-dealkylation sites (tertiary alicyclic amines) is 1. The minimum atomic E-state index is -0.212. The van der Waals surface area contributed by atoms with Gasteiger partial charge in [-0.2, -0.15) is 0 Å². The van der Waals surface area contributed by atoms with E-state index in [0.29, 0.717) is 23.9 Å². The molecule has 1 aliphatic heterocycles. The van der Waals surface area contributed by atoms with Crippen LogP contribution in [0.1, 0.15) is 31.4 Å². The second kappa shape index (κ2) is 5.97. The van der Waals surface area contributed by atoms with Gasteiger partial charge in [-0.1, -0.05) is 38.2 Å². The van der Waals surface area contributed by atoms with Crippen LogP contribution in [0.15, 0.2) is 18.2 Å². The van der Waals surface area contributed by atoms with Crippen LogP contribution in [-0.2, 0) is 6.54 Å². The molecule has 2 atom stereocenters. The Morgan fingerprint density at radius 3 is 2.53 bits per heavy atom. The third kappa shape index (κ3) is 3.74. The van der Waals surface area contributed by atoms with Gasteiger partial charge in [0.2, 0.25) is 0 Å². The van der Waals surface area contributed by atoms with Gasteiger partial charge in [0.1, 0.15) is 10.8 Å². The Hall–Kier alpha value is -1.00. The molecule has 1 aromatic carbocycles. The van der Waals surface area contributed by atoms with E-state index in [2.05, 4.69) is 18.7 Å². The average Bonchev–Trinajstić information content (AvgIpc) is 2.30. The van der Waals surface area contributed by atoms with Crippen molar-refractivity contribution in [3.05, 3.63) is 35.1 Å².